The lowest BCUT2D eigenvalue weighted by Crippen LogP contribution is -2.29. The molecule has 4 heteroatoms. The van der Waals surface area contributed by atoms with Gasteiger partial charge in [-0.3, -0.25) is 9.69 Å². The molecule has 1 atom stereocenters. The first-order chi connectivity index (χ1) is 9.10. The first-order valence-corrected chi connectivity index (χ1v) is 6.47. The Labute approximate surface area is 113 Å². The van der Waals surface area contributed by atoms with Crippen LogP contribution in [0.4, 0.5) is 0 Å². The third kappa shape index (κ3) is 3.33. The molecule has 1 heterocycles. The van der Waals surface area contributed by atoms with Crippen molar-refractivity contribution in [2.45, 2.75) is 13.3 Å². The summed E-state index contributed by atoms with van der Waals surface area (Å²) >= 11 is 0. The summed E-state index contributed by atoms with van der Waals surface area (Å²) in [5, 5.41) is 8.77. The van der Waals surface area contributed by atoms with E-state index in [2.05, 4.69) is 6.07 Å². The molecule has 100 valence electrons. The molecule has 0 aliphatic carbocycles. The molecular weight excluding hydrogens is 240 g/mol. The van der Waals surface area contributed by atoms with Gasteiger partial charge in [0.15, 0.2) is 5.78 Å². The summed E-state index contributed by atoms with van der Waals surface area (Å²) in [7, 11) is 1.86. The molecule has 0 saturated heterocycles. The number of hydrogen-bond acceptors (Lipinski definition) is 4. The van der Waals surface area contributed by atoms with E-state index in [9.17, 15) is 4.79 Å². The van der Waals surface area contributed by atoms with Crippen molar-refractivity contribution in [3.63, 3.8) is 0 Å². The van der Waals surface area contributed by atoms with Crippen molar-refractivity contribution < 1.29 is 9.53 Å². The summed E-state index contributed by atoms with van der Waals surface area (Å²) in [6, 6.07) is 7.78. The second kappa shape index (κ2) is 5.85. The van der Waals surface area contributed by atoms with Crippen LogP contribution in [0.25, 0.3) is 0 Å². The molecule has 0 fully saturated rings. The first-order valence-electron chi connectivity index (χ1n) is 6.47. The Morgan fingerprint density at radius 3 is 3.11 bits per heavy atom. The lowest BCUT2D eigenvalue weighted by molar-refractivity contribution is 0.0942. The van der Waals surface area contributed by atoms with Crippen LogP contribution in [0, 0.1) is 17.2 Å². The number of nitrogens with zero attached hydrogens (tertiary/aromatic N) is 2. The molecule has 0 bridgehead atoms. The predicted octanol–water partition coefficient (Wildman–Crippen LogP) is 1.90. The molecule has 1 unspecified atom stereocenters. The lowest BCUT2D eigenvalue weighted by Gasteiger charge is -2.16. The minimum atomic E-state index is -0.0637. The van der Waals surface area contributed by atoms with Gasteiger partial charge in [-0.2, -0.15) is 5.26 Å². The smallest absolute Gasteiger partial charge is 0.176 e. The Morgan fingerprint density at radius 1 is 1.58 bits per heavy atom. The quantitative estimate of drug-likeness (QED) is 0.757. The van der Waals surface area contributed by atoms with Crippen molar-refractivity contribution in [3.05, 3.63) is 29.3 Å². The second-order valence-electron chi connectivity index (χ2n) is 5.07. The average molecular weight is 258 g/mol. The molecule has 1 aromatic carbocycles. The Bertz CT molecular complexity index is 519. The Balaban J connectivity index is 1.98. The van der Waals surface area contributed by atoms with Crippen LogP contribution in [0.1, 0.15) is 22.8 Å². The van der Waals surface area contributed by atoms with Crippen molar-refractivity contribution in [1.29, 1.82) is 5.26 Å². The van der Waals surface area contributed by atoms with E-state index in [0.29, 0.717) is 19.7 Å². The van der Waals surface area contributed by atoms with Crippen molar-refractivity contribution in [1.82, 2.24) is 4.90 Å². The molecule has 0 saturated carbocycles. The summed E-state index contributed by atoms with van der Waals surface area (Å²) in [5.41, 5.74) is 1.83. The highest BCUT2D eigenvalue weighted by atomic mass is 16.5. The van der Waals surface area contributed by atoms with Crippen LogP contribution in [-0.4, -0.2) is 37.4 Å². The summed E-state index contributed by atoms with van der Waals surface area (Å²) in [6.45, 7) is 3.50. The van der Waals surface area contributed by atoms with E-state index in [1.54, 1.807) is 0 Å². The number of ether oxygens (including phenoxy) is 1. The van der Waals surface area contributed by atoms with Gasteiger partial charge in [0.2, 0.25) is 0 Å². The van der Waals surface area contributed by atoms with Gasteiger partial charge in [-0.15, -0.1) is 0 Å². The number of nitriles is 1. The number of ketones is 1. The number of fused-ring (bicyclic) bond motifs is 1. The summed E-state index contributed by atoms with van der Waals surface area (Å²) in [5.74, 6) is 0.913. The van der Waals surface area contributed by atoms with E-state index >= 15 is 0 Å². The number of benzene rings is 1. The largest absolute Gasteiger partial charge is 0.493 e. The van der Waals surface area contributed by atoms with Crippen LogP contribution in [0.3, 0.4) is 0 Å². The summed E-state index contributed by atoms with van der Waals surface area (Å²) in [6.07, 6.45) is 0.873. The molecule has 4 nitrogen and oxygen atoms in total. The zero-order chi connectivity index (χ0) is 13.8. The molecular formula is C15H18N2O2. The second-order valence-corrected chi connectivity index (χ2v) is 5.07. The van der Waals surface area contributed by atoms with Gasteiger partial charge in [0.05, 0.1) is 25.1 Å². The monoisotopic (exact) mass is 258 g/mol. The maximum Gasteiger partial charge on any atom is 0.176 e. The standard InChI is InChI=1S/C15H18N2O2/c1-11(8-16)9-17(2)10-14(18)12-3-4-15-13(7-12)5-6-19-15/h3-4,7,11H,5-6,9-10H2,1-2H3. The van der Waals surface area contributed by atoms with Crippen molar-refractivity contribution >= 4 is 5.78 Å². The van der Waals surface area contributed by atoms with Gasteiger partial charge in [-0.1, -0.05) is 0 Å². The minimum absolute atomic E-state index is 0.0637. The van der Waals surface area contributed by atoms with Gasteiger partial charge >= 0.3 is 0 Å². The fourth-order valence-corrected chi connectivity index (χ4v) is 2.27. The topological polar surface area (TPSA) is 53.3 Å². The van der Waals surface area contributed by atoms with Gasteiger partial charge in [0, 0.05) is 18.5 Å². The van der Waals surface area contributed by atoms with E-state index in [1.165, 1.54) is 0 Å². The predicted molar refractivity (Wildman–Crippen MR) is 72.2 cm³/mol. The number of rotatable bonds is 5. The van der Waals surface area contributed by atoms with Crippen LogP contribution in [0.15, 0.2) is 18.2 Å². The number of Topliss-reactive ketones (excluding diaryl/α,β-unsaturated/α-hetero) is 1. The van der Waals surface area contributed by atoms with Gasteiger partial charge in [0.1, 0.15) is 5.75 Å². The zero-order valence-electron chi connectivity index (χ0n) is 11.3. The third-order valence-electron chi connectivity index (χ3n) is 3.23. The maximum absolute atomic E-state index is 12.2. The van der Waals surface area contributed by atoms with Gasteiger partial charge in [-0.25, -0.2) is 0 Å². The van der Waals surface area contributed by atoms with Crippen molar-refractivity contribution in [2.24, 2.45) is 5.92 Å². The van der Waals surface area contributed by atoms with Crippen LogP contribution < -0.4 is 4.74 Å². The van der Waals surface area contributed by atoms with E-state index in [1.807, 2.05) is 37.1 Å². The van der Waals surface area contributed by atoms with Crippen LogP contribution in [0.5, 0.6) is 5.75 Å². The van der Waals surface area contributed by atoms with E-state index in [0.717, 1.165) is 23.3 Å². The van der Waals surface area contributed by atoms with Crippen molar-refractivity contribution in [3.8, 4) is 11.8 Å². The molecule has 0 N–H and O–H groups in total. The van der Waals surface area contributed by atoms with E-state index < -0.39 is 0 Å². The molecule has 0 aromatic heterocycles. The number of likely N-dealkylation sites (N-methyl/N-ethyl adjacent to an activating group) is 1. The van der Waals surface area contributed by atoms with Crippen LogP contribution in [0.2, 0.25) is 0 Å². The fourth-order valence-electron chi connectivity index (χ4n) is 2.27. The summed E-state index contributed by atoms with van der Waals surface area (Å²) in [4.78, 5) is 14.0. The van der Waals surface area contributed by atoms with E-state index in [4.69, 9.17) is 10.00 Å². The zero-order valence-corrected chi connectivity index (χ0v) is 11.3. The highest BCUT2D eigenvalue weighted by Gasteiger charge is 2.16. The Morgan fingerprint density at radius 2 is 2.37 bits per heavy atom. The molecule has 1 aromatic rings. The fraction of sp³-hybridized carbons (Fsp3) is 0.467. The molecule has 1 aliphatic rings. The molecule has 0 spiro atoms. The van der Waals surface area contributed by atoms with Gasteiger partial charge in [0.25, 0.3) is 0 Å². The normalized spacial score (nSPS) is 14.6. The van der Waals surface area contributed by atoms with Crippen LogP contribution >= 0.6 is 0 Å². The SMILES string of the molecule is CC(C#N)CN(C)CC(=O)c1ccc2c(c1)CCO2. The number of carbonyl (C=O) groups is 1. The van der Waals surface area contributed by atoms with Crippen molar-refractivity contribution in [2.75, 3.05) is 26.7 Å². The Kier molecular flexibility index (Phi) is 4.18. The van der Waals surface area contributed by atoms with Gasteiger partial charge in [-0.05, 0) is 37.7 Å². The summed E-state index contributed by atoms with van der Waals surface area (Å²) < 4.78 is 5.42. The molecule has 1 aliphatic heterocycles. The highest BCUT2D eigenvalue weighted by molar-refractivity contribution is 5.98. The molecule has 19 heavy (non-hydrogen) atoms. The molecule has 2 rings (SSSR count). The van der Waals surface area contributed by atoms with Gasteiger partial charge < -0.3 is 4.74 Å². The van der Waals surface area contributed by atoms with E-state index in [-0.39, 0.29) is 11.7 Å². The molecule has 0 radical (unpaired) electrons. The lowest BCUT2D eigenvalue weighted by atomic mass is 10.0. The molecule has 0 amide bonds. The maximum atomic E-state index is 12.2. The first kappa shape index (κ1) is 13.6. The average Bonchev–Trinajstić information content (AvgIpc) is 2.85. The van der Waals surface area contributed by atoms with Crippen LogP contribution in [-0.2, 0) is 6.42 Å². The Hall–Kier alpha value is -1.86. The highest BCUT2D eigenvalue weighted by Crippen LogP contribution is 2.26. The third-order valence-corrected chi connectivity index (χ3v) is 3.23. The minimum Gasteiger partial charge on any atom is -0.493 e. The number of hydrogen-bond donors (Lipinski definition) is 0. The number of carbonyl (C=O) groups excluding carboxylic acids is 1.